The summed E-state index contributed by atoms with van der Waals surface area (Å²) >= 11 is 0. The van der Waals surface area contributed by atoms with Crippen molar-refractivity contribution in [3.05, 3.63) is 12.2 Å². The topological polar surface area (TPSA) is 111 Å². The van der Waals surface area contributed by atoms with Gasteiger partial charge in [-0.25, -0.2) is 0 Å². The summed E-state index contributed by atoms with van der Waals surface area (Å²) in [4.78, 5) is 37.6. The van der Waals surface area contributed by atoms with E-state index in [9.17, 15) is 19.0 Å². The molecule has 0 bridgehead atoms. The number of hydrogen-bond acceptors (Lipinski definition) is 8. The summed E-state index contributed by atoms with van der Waals surface area (Å²) < 4.78 is 34.0. The van der Waals surface area contributed by atoms with E-state index in [-0.39, 0.29) is 32.0 Å². The van der Waals surface area contributed by atoms with E-state index in [4.69, 9.17) is 18.5 Å². The third kappa shape index (κ3) is 44.3. The number of ether oxygens (including phenoxy) is 2. The summed E-state index contributed by atoms with van der Waals surface area (Å²) in [5.41, 5.74) is 0. The standard InChI is InChI=1S/C48H94NO8P/c1-6-8-10-12-14-16-18-20-22-24-26-28-30-32-34-36-38-40-47(50)54-44-46(45-56-58(52,53)55-43-42-49(3,4)5)57-48(51)41-39-37-35-33-31-29-27-25-23-21-19-17-15-13-11-9-7-2/h33,35,46H,6-32,34,36-45H2,1-5H3/b35-33+/t46-/m1/s1. The molecule has 0 saturated heterocycles. The SMILES string of the molecule is CCCCCCCCCCCCCC/C=C/CCCC(=O)O[C@H](COC(=O)CCCCCCCCCCCCCCCCCCC)COP(=O)([O-])OCC[N+](C)(C)C. The number of rotatable bonds is 45. The third-order valence-corrected chi connectivity index (χ3v) is 11.7. The second kappa shape index (κ2) is 41.1. The van der Waals surface area contributed by atoms with Crippen LogP contribution in [0, 0.1) is 0 Å². The highest BCUT2D eigenvalue weighted by atomic mass is 31.2. The summed E-state index contributed by atoms with van der Waals surface area (Å²) in [6.07, 6.45) is 43.9. The average Bonchev–Trinajstić information content (AvgIpc) is 3.17. The Kier molecular flexibility index (Phi) is 40.2. The van der Waals surface area contributed by atoms with E-state index in [1.807, 2.05) is 21.1 Å². The van der Waals surface area contributed by atoms with Gasteiger partial charge in [0.1, 0.15) is 19.8 Å². The smallest absolute Gasteiger partial charge is 0.306 e. The molecule has 0 aromatic rings. The van der Waals surface area contributed by atoms with Crippen molar-refractivity contribution in [2.75, 3.05) is 47.5 Å². The average molecular weight is 844 g/mol. The third-order valence-electron chi connectivity index (χ3n) is 10.8. The molecule has 344 valence electrons. The van der Waals surface area contributed by atoms with Gasteiger partial charge >= 0.3 is 11.9 Å². The molecule has 0 aliphatic carbocycles. The van der Waals surface area contributed by atoms with E-state index < -0.39 is 26.5 Å². The maximum absolute atomic E-state index is 12.7. The zero-order valence-corrected chi connectivity index (χ0v) is 39.7. The number of likely N-dealkylation sites (N-methyl/N-ethyl adjacent to an activating group) is 1. The van der Waals surface area contributed by atoms with E-state index in [0.717, 1.165) is 32.1 Å². The van der Waals surface area contributed by atoms with Crippen LogP contribution < -0.4 is 4.89 Å². The fraction of sp³-hybridized carbons (Fsp3) is 0.917. The summed E-state index contributed by atoms with van der Waals surface area (Å²) in [5.74, 6) is -0.858. The van der Waals surface area contributed by atoms with Gasteiger partial charge in [-0.2, -0.15) is 0 Å². The van der Waals surface area contributed by atoms with E-state index in [1.54, 1.807) is 0 Å². The van der Waals surface area contributed by atoms with Gasteiger partial charge in [0.25, 0.3) is 7.82 Å². The summed E-state index contributed by atoms with van der Waals surface area (Å²) in [5, 5.41) is 0. The highest BCUT2D eigenvalue weighted by Gasteiger charge is 2.21. The number of carbonyl (C=O) groups is 2. The molecule has 0 N–H and O–H groups in total. The van der Waals surface area contributed by atoms with Crippen LogP contribution in [0.4, 0.5) is 0 Å². The molecule has 0 radical (unpaired) electrons. The van der Waals surface area contributed by atoms with E-state index in [2.05, 4.69) is 26.0 Å². The van der Waals surface area contributed by atoms with Gasteiger partial charge in [-0.15, -0.1) is 0 Å². The number of allylic oxidation sites excluding steroid dienone is 2. The van der Waals surface area contributed by atoms with Crippen molar-refractivity contribution in [1.29, 1.82) is 0 Å². The van der Waals surface area contributed by atoms with Crippen molar-refractivity contribution < 1.29 is 42.1 Å². The first-order valence-electron chi connectivity index (χ1n) is 24.4. The molecule has 0 saturated carbocycles. The van der Waals surface area contributed by atoms with Crippen molar-refractivity contribution in [2.45, 2.75) is 238 Å². The van der Waals surface area contributed by atoms with Crippen molar-refractivity contribution in [3.63, 3.8) is 0 Å². The van der Waals surface area contributed by atoms with Gasteiger partial charge in [0.15, 0.2) is 6.10 Å². The Morgan fingerprint density at radius 1 is 0.517 bits per heavy atom. The molecule has 58 heavy (non-hydrogen) atoms. The van der Waals surface area contributed by atoms with E-state index in [0.29, 0.717) is 17.4 Å². The molecule has 10 heteroatoms. The van der Waals surface area contributed by atoms with Gasteiger partial charge in [0, 0.05) is 12.8 Å². The van der Waals surface area contributed by atoms with Gasteiger partial charge in [0.2, 0.25) is 0 Å². The second-order valence-electron chi connectivity index (χ2n) is 17.8. The first kappa shape index (κ1) is 56.8. The van der Waals surface area contributed by atoms with Crippen LogP contribution in [-0.2, 0) is 32.7 Å². The van der Waals surface area contributed by atoms with Gasteiger partial charge in [-0.05, 0) is 32.1 Å². The number of nitrogens with zero attached hydrogens (tertiary/aromatic N) is 1. The Bertz CT molecular complexity index is 1000. The van der Waals surface area contributed by atoms with Crippen molar-refractivity contribution in [1.82, 2.24) is 0 Å². The molecule has 0 aromatic heterocycles. The fourth-order valence-electron chi connectivity index (χ4n) is 6.95. The largest absolute Gasteiger partial charge is 0.756 e. The molecule has 0 aliphatic heterocycles. The van der Waals surface area contributed by atoms with Crippen LogP contribution in [-0.4, -0.2) is 70.0 Å². The molecule has 0 spiro atoms. The lowest BCUT2D eigenvalue weighted by atomic mass is 10.0. The molecule has 0 rings (SSSR count). The monoisotopic (exact) mass is 844 g/mol. The van der Waals surface area contributed by atoms with Crippen molar-refractivity contribution in [3.8, 4) is 0 Å². The lowest BCUT2D eigenvalue weighted by molar-refractivity contribution is -0.870. The van der Waals surface area contributed by atoms with E-state index >= 15 is 0 Å². The minimum absolute atomic E-state index is 0.0318. The van der Waals surface area contributed by atoms with Gasteiger partial charge < -0.3 is 27.9 Å². The van der Waals surface area contributed by atoms with Crippen LogP contribution in [0.2, 0.25) is 0 Å². The normalized spacial score (nSPS) is 13.6. The zero-order chi connectivity index (χ0) is 42.8. The number of unbranched alkanes of at least 4 members (excludes halogenated alkanes) is 29. The van der Waals surface area contributed by atoms with Crippen LogP contribution >= 0.6 is 7.82 Å². The van der Waals surface area contributed by atoms with E-state index in [1.165, 1.54) is 167 Å². The number of phosphoric acid groups is 1. The minimum Gasteiger partial charge on any atom is -0.756 e. The number of hydrogen-bond donors (Lipinski definition) is 0. The quantitative estimate of drug-likeness (QED) is 0.0196. The number of carbonyl (C=O) groups excluding carboxylic acids is 2. The summed E-state index contributed by atoms with van der Waals surface area (Å²) in [6, 6.07) is 0. The highest BCUT2D eigenvalue weighted by molar-refractivity contribution is 7.45. The second-order valence-corrected chi connectivity index (χ2v) is 19.2. The Balaban J connectivity index is 4.29. The predicted molar refractivity (Wildman–Crippen MR) is 241 cm³/mol. The maximum atomic E-state index is 12.7. The fourth-order valence-corrected chi connectivity index (χ4v) is 7.68. The maximum Gasteiger partial charge on any atom is 0.306 e. The van der Waals surface area contributed by atoms with Crippen LogP contribution in [0.3, 0.4) is 0 Å². The molecule has 0 heterocycles. The van der Waals surface area contributed by atoms with Crippen LogP contribution in [0.25, 0.3) is 0 Å². The minimum atomic E-state index is -4.63. The Hall–Kier alpha value is -1.25. The molecular formula is C48H94NO8P. The molecule has 0 aliphatic rings. The van der Waals surface area contributed by atoms with Crippen LogP contribution in [0.1, 0.15) is 232 Å². The summed E-state index contributed by atoms with van der Waals surface area (Å²) in [6.45, 7) is 4.24. The lowest BCUT2D eigenvalue weighted by Gasteiger charge is -2.28. The molecule has 0 aromatic carbocycles. The lowest BCUT2D eigenvalue weighted by Crippen LogP contribution is -2.37. The van der Waals surface area contributed by atoms with Crippen molar-refractivity contribution >= 4 is 19.8 Å². The number of phosphoric ester groups is 1. The van der Waals surface area contributed by atoms with Gasteiger partial charge in [0.05, 0.1) is 27.7 Å². The number of esters is 2. The molecule has 0 amide bonds. The molecule has 0 fully saturated rings. The van der Waals surface area contributed by atoms with Crippen molar-refractivity contribution in [2.24, 2.45) is 0 Å². The Morgan fingerprint density at radius 2 is 0.897 bits per heavy atom. The summed E-state index contributed by atoms with van der Waals surface area (Å²) in [7, 11) is 1.16. The Morgan fingerprint density at radius 3 is 1.33 bits per heavy atom. The van der Waals surface area contributed by atoms with Gasteiger partial charge in [-0.3, -0.25) is 14.2 Å². The first-order chi connectivity index (χ1) is 28.0. The van der Waals surface area contributed by atoms with Gasteiger partial charge in [-0.1, -0.05) is 199 Å². The molecule has 2 atom stereocenters. The first-order valence-corrected chi connectivity index (χ1v) is 25.9. The molecule has 9 nitrogen and oxygen atoms in total. The number of quaternary nitrogens is 1. The molecule has 1 unspecified atom stereocenters. The Labute approximate surface area is 358 Å². The predicted octanol–water partition coefficient (Wildman–Crippen LogP) is 13.5. The van der Waals surface area contributed by atoms with Crippen LogP contribution in [0.15, 0.2) is 12.2 Å². The zero-order valence-electron chi connectivity index (χ0n) is 38.8. The molecular weight excluding hydrogens is 750 g/mol. The highest BCUT2D eigenvalue weighted by Crippen LogP contribution is 2.38. The van der Waals surface area contributed by atoms with Crippen LogP contribution in [0.5, 0.6) is 0 Å².